The molecule has 0 bridgehead atoms. The van der Waals surface area contributed by atoms with Crippen molar-refractivity contribution in [3.05, 3.63) is 58.6 Å². The first-order chi connectivity index (χ1) is 8.61. The van der Waals surface area contributed by atoms with E-state index in [4.69, 9.17) is 11.6 Å². The quantitative estimate of drug-likeness (QED) is 0.829. The van der Waals surface area contributed by atoms with Gasteiger partial charge in [0.05, 0.1) is 5.02 Å². The van der Waals surface area contributed by atoms with Crippen molar-refractivity contribution in [2.75, 3.05) is 7.05 Å². The van der Waals surface area contributed by atoms with Crippen LogP contribution in [0.1, 0.15) is 5.56 Å². The van der Waals surface area contributed by atoms with Crippen LogP contribution in [0.25, 0.3) is 11.1 Å². The number of rotatable bonds is 3. The third kappa shape index (κ3) is 2.68. The summed E-state index contributed by atoms with van der Waals surface area (Å²) in [5.74, 6) is -1.83. The van der Waals surface area contributed by atoms with E-state index in [1.54, 1.807) is 0 Å². The van der Waals surface area contributed by atoms with Gasteiger partial charge in [0.1, 0.15) is 0 Å². The zero-order chi connectivity index (χ0) is 13.1. The summed E-state index contributed by atoms with van der Waals surface area (Å²) < 4.78 is 26.2. The Labute approximate surface area is 109 Å². The Morgan fingerprint density at radius 1 is 1.06 bits per heavy atom. The van der Waals surface area contributed by atoms with Crippen LogP contribution in [-0.4, -0.2) is 7.05 Å². The lowest BCUT2D eigenvalue weighted by Crippen LogP contribution is -2.04. The first-order valence-corrected chi connectivity index (χ1v) is 5.88. The molecule has 0 atom stereocenters. The van der Waals surface area contributed by atoms with Crippen molar-refractivity contribution in [3.63, 3.8) is 0 Å². The Kier molecular flexibility index (Phi) is 3.94. The fraction of sp³-hybridized carbons (Fsp3) is 0.143. The molecule has 0 aliphatic carbocycles. The maximum atomic E-state index is 13.2. The molecular weight excluding hydrogens is 256 g/mol. The molecule has 0 unspecified atom stereocenters. The number of hydrogen-bond acceptors (Lipinski definition) is 1. The highest BCUT2D eigenvalue weighted by atomic mass is 35.5. The molecule has 0 aliphatic rings. The van der Waals surface area contributed by atoms with Crippen LogP contribution in [0.5, 0.6) is 0 Å². The number of nitrogens with one attached hydrogen (secondary N) is 1. The van der Waals surface area contributed by atoms with Gasteiger partial charge in [0.2, 0.25) is 0 Å². The van der Waals surface area contributed by atoms with Gasteiger partial charge in [-0.1, -0.05) is 35.9 Å². The van der Waals surface area contributed by atoms with Crippen molar-refractivity contribution in [2.24, 2.45) is 0 Å². The van der Waals surface area contributed by atoms with E-state index in [2.05, 4.69) is 5.32 Å². The van der Waals surface area contributed by atoms with Gasteiger partial charge >= 0.3 is 0 Å². The summed E-state index contributed by atoms with van der Waals surface area (Å²) >= 11 is 5.92. The summed E-state index contributed by atoms with van der Waals surface area (Å²) in [7, 11) is 1.86. The number of benzene rings is 2. The van der Waals surface area contributed by atoms with Gasteiger partial charge in [0.15, 0.2) is 11.6 Å². The van der Waals surface area contributed by atoms with Gasteiger partial charge in [0, 0.05) is 12.1 Å². The van der Waals surface area contributed by atoms with Crippen LogP contribution >= 0.6 is 11.6 Å². The van der Waals surface area contributed by atoms with E-state index in [0.717, 1.165) is 29.8 Å². The predicted octanol–water partition coefficient (Wildman–Crippen LogP) is 4.00. The second-order valence-electron chi connectivity index (χ2n) is 3.97. The maximum absolute atomic E-state index is 13.2. The van der Waals surface area contributed by atoms with Crippen molar-refractivity contribution < 1.29 is 8.78 Å². The summed E-state index contributed by atoms with van der Waals surface area (Å²) in [6.07, 6.45) is 0. The molecule has 0 amide bonds. The molecular formula is C14H12ClF2N. The van der Waals surface area contributed by atoms with Gasteiger partial charge in [-0.3, -0.25) is 0 Å². The van der Waals surface area contributed by atoms with E-state index in [0.29, 0.717) is 5.56 Å². The summed E-state index contributed by atoms with van der Waals surface area (Å²) in [4.78, 5) is 0. The SMILES string of the molecule is CNCc1ccc(-c2cc(F)c(F)cc2Cl)cc1. The van der Waals surface area contributed by atoms with Gasteiger partial charge in [-0.2, -0.15) is 0 Å². The largest absolute Gasteiger partial charge is 0.316 e. The lowest BCUT2D eigenvalue weighted by molar-refractivity contribution is 0.509. The average molecular weight is 268 g/mol. The molecule has 4 heteroatoms. The van der Waals surface area contributed by atoms with Crippen LogP contribution in [0, 0.1) is 11.6 Å². The highest BCUT2D eigenvalue weighted by Gasteiger charge is 2.09. The van der Waals surface area contributed by atoms with E-state index in [-0.39, 0.29) is 5.02 Å². The first kappa shape index (κ1) is 13.0. The van der Waals surface area contributed by atoms with Gasteiger partial charge in [-0.25, -0.2) is 8.78 Å². The minimum Gasteiger partial charge on any atom is -0.316 e. The van der Waals surface area contributed by atoms with Gasteiger partial charge in [-0.15, -0.1) is 0 Å². The molecule has 0 fully saturated rings. The molecule has 94 valence electrons. The molecule has 1 N–H and O–H groups in total. The van der Waals surface area contributed by atoms with E-state index < -0.39 is 11.6 Å². The summed E-state index contributed by atoms with van der Waals surface area (Å²) in [6.45, 7) is 0.756. The van der Waals surface area contributed by atoms with Gasteiger partial charge < -0.3 is 5.32 Å². The molecule has 0 spiro atoms. The molecule has 0 aliphatic heterocycles. The Morgan fingerprint density at radius 2 is 1.67 bits per heavy atom. The Hall–Kier alpha value is -1.45. The smallest absolute Gasteiger partial charge is 0.160 e. The third-order valence-electron chi connectivity index (χ3n) is 2.66. The lowest BCUT2D eigenvalue weighted by atomic mass is 10.0. The average Bonchev–Trinajstić information content (AvgIpc) is 2.35. The molecule has 0 saturated carbocycles. The van der Waals surface area contributed by atoms with E-state index in [1.165, 1.54) is 0 Å². The van der Waals surface area contributed by atoms with Crippen LogP contribution in [0.2, 0.25) is 5.02 Å². The Morgan fingerprint density at radius 3 is 2.28 bits per heavy atom. The van der Waals surface area contributed by atoms with Gasteiger partial charge in [-0.05, 0) is 30.3 Å². The monoisotopic (exact) mass is 267 g/mol. The number of hydrogen-bond donors (Lipinski definition) is 1. The second-order valence-corrected chi connectivity index (χ2v) is 4.38. The predicted molar refractivity (Wildman–Crippen MR) is 69.6 cm³/mol. The van der Waals surface area contributed by atoms with E-state index in [1.807, 2.05) is 31.3 Å². The van der Waals surface area contributed by atoms with Crippen molar-refractivity contribution in [1.29, 1.82) is 0 Å². The van der Waals surface area contributed by atoms with Crippen molar-refractivity contribution >= 4 is 11.6 Å². The fourth-order valence-electron chi connectivity index (χ4n) is 1.75. The van der Waals surface area contributed by atoms with Crippen LogP contribution in [0.3, 0.4) is 0 Å². The molecule has 2 rings (SSSR count). The zero-order valence-corrected chi connectivity index (χ0v) is 10.6. The maximum Gasteiger partial charge on any atom is 0.160 e. The second kappa shape index (κ2) is 5.46. The highest BCUT2D eigenvalue weighted by Crippen LogP contribution is 2.30. The molecule has 2 aromatic rings. The van der Waals surface area contributed by atoms with Crippen LogP contribution in [-0.2, 0) is 6.54 Å². The van der Waals surface area contributed by atoms with Crippen molar-refractivity contribution in [3.8, 4) is 11.1 Å². The molecule has 0 saturated heterocycles. The van der Waals surface area contributed by atoms with Gasteiger partial charge in [0.25, 0.3) is 0 Å². The highest BCUT2D eigenvalue weighted by molar-refractivity contribution is 6.33. The molecule has 1 nitrogen and oxygen atoms in total. The first-order valence-electron chi connectivity index (χ1n) is 5.50. The standard InChI is InChI=1S/C14H12ClF2N/c1-18-8-9-2-4-10(5-3-9)11-6-13(16)14(17)7-12(11)15/h2-7,18H,8H2,1H3. The summed E-state index contributed by atoms with van der Waals surface area (Å²) in [5.41, 5.74) is 2.37. The number of halogens is 3. The third-order valence-corrected chi connectivity index (χ3v) is 2.97. The van der Waals surface area contributed by atoms with Crippen molar-refractivity contribution in [1.82, 2.24) is 5.32 Å². The topological polar surface area (TPSA) is 12.0 Å². The molecule has 0 heterocycles. The van der Waals surface area contributed by atoms with Crippen LogP contribution in [0.15, 0.2) is 36.4 Å². The fourth-order valence-corrected chi connectivity index (χ4v) is 2.01. The van der Waals surface area contributed by atoms with Crippen LogP contribution < -0.4 is 5.32 Å². The van der Waals surface area contributed by atoms with Crippen molar-refractivity contribution in [2.45, 2.75) is 6.54 Å². The van der Waals surface area contributed by atoms with E-state index in [9.17, 15) is 8.78 Å². The Bertz CT molecular complexity index is 552. The molecule has 18 heavy (non-hydrogen) atoms. The lowest BCUT2D eigenvalue weighted by Gasteiger charge is -2.07. The minimum atomic E-state index is -0.935. The van der Waals surface area contributed by atoms with E-state index >= 15 is 0 Å². The summed E-state index contributed by atoms with van der Waals surface area (Å²) in [5, 5.41) is 3.24. The normalized spacial score (nSPS) is 10.7. The van der Waals surface area contributed by atoms with Crippen LogP contribution in [0.4, 0.5) is 8.78 Å². The molecule has 2 aromatic carbocycles. The summed E-state index contributed by atoms with van der Waals surface area (Å²) in [6, 6.07) is 9.63. The Balaban J connectivity index is 2.39. The zero-order valence-electron chi connectivity index (χ0n) is 9.81. The molecule has 0 radical (unpaired) electrons. The minimum absolute atomic E-state index is 0.204. The molecule has 0 aromatic heterocycles.